The third-order valence-electron chi connectivity index (χ3n) is 4.71. The number of carbonyl (C=O) groups is 1. The van der Waals surface area contributed by atoms with Crippen LogP contribution in [-0.2, 0) is 19.4 Å². The van der Waals surface area contributed by atoms with Gasteiger partial charge in [0.25, 0.3) is 5.91 Å². The SMILES string of the molecule is CC1(C)Cc2ccc(C(=O)Nc3ccn(CCc4ccncc4)n3)c(O)c2O1. The van der Waals surface area contributed by atoms with E-state index in [-0.39, 0.29) is 16.9 Å². The first kappa shape index (κ1) is 18.0. The maximum absolute atomic E-state index is 12.6. The number of carbonyl (C=O) groups excluding carboxylic acids is 1. The second kappa shape index (κ2) is 6.99. The number of aryl methyl sites for hydroxylation is 2. The van der Waals surface area contributed by atoms with Crippen LogP contribution in [0.4, 0.5) is 5.82 Å². The zero-order valence-corrected chi connectivity index (χ0v) is 15.8. The van der Waals surface area contributed by atoms with Gasteiger partial charge in [0.1, 0.15) is 5.60 Å². The fourth-order valence-electron chi connectivity index (χ4n) is 3.35. The van der Waals surface area contributed by atoms with Gasteiger partial charge in [0.05, 0.1) is 5.56 Å². The molecular formula is C21H22N4O3. The van der Waals surface area contributed by atoms with Crippen molar-refractivity contribution < 1.29 is 14.6 Å². The molecule has 0 fully saturated rings. The van der Waals surface area contributed by atoms with Crippen LogP contribution in [0.5, 0.6) is 11.5 Å². The Balaban J connectivity index is 1.43. The van der Waals surface area contributed by atoms with Crippen LogP contribution in [0.25, 0.3) is 0 Å². The third-order valence-corrected chi connectivity index (χ3v) is 4.71. The third kappa shape index (κ3) is 3.69. The molecule has 7 heteroatoms. The summed E-state index contributed by atoms with van der Waals surface area (Å²) in [6.07, 6.45) is 6.84. The highest BCUT2D eigenvalue weighted by Gasteiger charge is 2.33. The average molecular weight is 378 g/mol. The molecule has 7 nitrogen and oxygen atoms in total. The lowest BCUT2D eigenvalue weighted by Gasteiger charge is -2.17. The Morgan fingerprint density at radius 1 is 1.25 bits per heavy atom. The summed E-state index contributed by atoms with van der Waals surface area (Å²) in [5.74, 6) is 0.270. The van der Waals surface area contributed by atoms with Crippen LogP contribution < -0.4 is 10.1 Å². The molecule has 0 saturated heterocycles. The van der Waals surface area contributed by atoms with Crippen molar-refractivity contribution >= 4 is 11.7 Å². The Morgan fingerprint density at radius 3 is 2.82 bits per heavy atom. The number of pyridine rings is 1. The lowest BCUT2D eigenvalue weighted by atomic mass is 10.0. The van der Waals surface area contributed by atoms with Gasteiger partial charge in [0.15, 0.2) is 17.3 Å². The van der Waals surface area contributed by atoms with Crippen LogP contribution in [0.15, 0.2) is 48.9 Å². The molecule has 1 amide bonds. The quantitative estimate of drug-likeness (QED) is 0.712. The van der Waals surface area contributed by atoms with E-state index in [1.165, 1.54) is 5.56 Å². The number of ether oxygens (including phenoxy) is 1. The molecule has 1 aliphatic heterocycles. The zero-order chi connectivity index (χ0) is 19.7. The molecule has 144 valence electrons. The van der Waals surface area contributed by atoms with Gasteiger partial charge >= 0.3 is 0 Å². The van der Waals surface area contributed by atoms with Crippen LogP contribution >= 0.6 is 0 Å². The van der Waals surface area contributed by atoms with E-state index in [4.69, 9.17) is 4.74 Å². The van der Waals surface area contributed by atoms with Crippen LogP contribution in [-0.4, -0.2) is 31.4 Å². The number of nitrogens with zero attached hydrogens (tertiary/aromatic N) is 3. The summed E-state index contributed by atoms with van der Waals surface area (Å²) in [5, 5.41) is 17.6. The normalized spacial score (nSPS) is 14.4. The lowest BCUT2D eigenvalue weighted by Crippen LogP contribution is -2.24. The van der Waals surface area contributed by atoms with Crippen molar-refractivity contribution in [2.45, 2.75) is 38.8 Å². The molecule has 0 spiro atoms. The number of anilines is 1. The second-order valence-corrected chi connectivity index (χ2v) is 7.51. The highest BCUT2D eigenvalue weighted by atomic mass is 16.5. The minimum Gasteiger partial charge on any atom is -0.504 e. The number of nitrogens with one attached hydrogen (secondary N) is 1. The number of phenols is 1. The predicted molar refractivity (Wildman–Crippen MR) is 105 cm³/mol. The smallest absolute Gasteiger partial charge is 0.260 e. The molecule has 0 aliphatic carbocycles. The van der Waals surface area contributed by atoms with Crippen molar-refractivity contribution in [1.29, 1.82) is 0 Å². The number of aromatic hydroxyl groups is 1. The van der Waals surface area contributed by atoms with Crippen molar-refractivity contribution in [2.24, 2.45) is 0 Å². The Hall–Kier alpha value is -3.35. The molecule has 0 atom stereocenters. The Kier molecular flexibility index (Phi) is 4.50. The first-order valence-electron chi connectivity index (χ1n) is 9.19. The topological polar surface area (TPSA) is 89.3 Å². The minimum absolute atomic E-state index is 0.127. The van der Waals surface area contributed by atoms with Crippen LogP contribution in [0.2, 0.25) is 0 Å². The largest absolute Gasteiger partial charge is 0.504 e. The number of benzene rings is 1. The molecule has 28 heavy (non-hydrogen) atoms. The van der Waals surface area contributed by atoms with Crippen molar-refractivity contribution in [1.82, 2.24) is 14.8 Å². The fraction of sp³-hybridized carbons (Fsp3) is 0.286. The van der Waals surface area contributed by atoms with E-state index >= 15 is 0 Å². The molecule has 1 aliphatic rings. The monoisotopic (exact) mass is 378 g/mol. The van der Waals surface area contributed by atoms with Gasteiger partial charge in [-0.25, -0.2) is 0 Å². The number of rotatable bonds is 5. The maximum Gasteiger partial charge on any atom is 0.260 e. The first-order chi connectivity index (χ1) is 13.4. The highest BCUT2D eigenvalue weighted by molar-refractivity contribution is 6.06. The van der Waals surface area contributed by atoms with E-state index in [1.54, 1.807) is 29.2 Å². The van der Waals surface area contributed by atoms with Gasteiger partial charge in [0.2, 0.25) is 0 Å². The summed E-state index contributed by atoms with van der Waals surface area (Å²) in [7, 11) is 0. The molecule has 4 rings (SSSR count). The van der Waals surface area contributed by atoms with E-state index in [9.17, 15) is 9.90 Å². The molecule has 0 unspecified atom stereocenters. The van der Waals surface area contributed by atoms with Crippen LogP contribution in [0.3, 0.4) is 0 Å². The molecular weight excluding hydrogens is 356 g/mol. The van der Waals surface area contributed by atoms with Crippen molar-refractivity contribution in [3.8, 4) is 11.5 Å². The average Bonchev–Trinajstić information content (AvgIpc) is 3.24. The van der Waals surface area contributed by atoms with E-state index in [0.717, 1.165) is 12.0 Å². The number of amides is 1. The minimum atomic E-state index is -0.423. The fourth-order valence-corrected chi connectivity index (χ4v) is 3.35. The van der Waals surface area contributed by atoms with E-state index in [0.29, 0.717) is 24.5 Å². The van der Waals surface area contributed by atoms with Crippen molar-refractivity contribution in [2.75, 3.05) is 5.32 Å². The summed E-state index contributed by atoms with van der Waals surface area (Å²) in [4.78, 5) is 16.6. The summed E-state index contributed by atoms with van der Waals surface area (Å²) >= 11 is 0. The molecule has 0 bridgehead atoms. The lowest BCUT2D eigenvalue weighted by molar-refractivity contribution is 0.102. The first-order valence-corrected chi connectivity index (χ1v) is 9.19. The second-order valence-electron chi connectivity index (χ2n) is 7.51. The Labute approximate surface area is 163 Å². The number of phenolic OH excluding ortho intramolecular Hbond substituents is 1. The molecule has 0 saturated carbocycles. The maximum atomic E-state index is 12.6. The number of fused-ring (bicyclic) bond motifs is 1. The van der Waals surface area contributed by atoms with Crippen molar-refractivity contribution in [3.05, 3.63) is 65.6 Å². The number of hydrogen-bond acceptors (Lipinski definition) is 5. The Morgan fingerprint density at radius 2 is 2.04 bits per heavy atom. The summed E-state index contributed by atoms with van der Waals surface area (Å²) in [5.41, 5.74) is 1.85. The number of aromatic nitrogens is 3. The van der Waals surface area contributed by atoms with Crippen LogP contribution in [0, 0.1) is 0 Å². The van der Waals surface area contributed by atoms with E-state index in [1.807, 2.05) is 38.2 Å². The van der Waals surface area contributed by atoms with Gasteiger partial charge in [-0.05, 0) is 44.0 Å². The predicted octanol–water partition coefficient (Wildman–Crippen LogP) is 3.19. The van der Waals surface area contributed by atoms with Crippen LogP contribution in [0.1, 0.15) is 35.3 Å². The number of hydrogen-bond donors (Lipinski definition) is 2. The van der Waals surface area contributed by atoms with E-state index in [2.05, 4.69) is 15.4 Å². The molecule has 3 heterocycles. The molecule has 2 N–H and O–H groups in total. The summed E-state index contributed by atoms with van der Waals surface area (Å²) < 4.78 is 7.56. The summed E-state index contributed by atoms with van der Waals surface area (Å²) in [6.45, 7) is 4.59. The standard InChI is InChI=1S/C21H22N4O3/c1-21(2)13-15-3-4-16(18(26)19(15)28-21)20(27)23-17-8-12-25(24-17)11-7-14-5-9-22-10-6-14/h3-6,8-10,12,26H,7,11,13H2,1-2H3,(H,23,24,27). The molecule has 0 radical (unpaired) electrons. The van der Waals surface area contributed by atoms with Crippen molar-refractivity contribution in [3.63, 3.8) is 0 Å². The van der Waals surface area contributed by atoms with Gasteiger partial charge in [-0.1, -0.05) is 6.07 Å². The van der Waals surface area contributed by atoms with Gasteiger partial charge in [0, 0.05) is 43.2 Å². The molecule has 1 aromatic carbocycles. The van der Waals surface area contributed by atoms with E-state index < -0.39 is 5.91 Å². The summed E-state index contributed by atoms with van der Waals surface area (Å²) in [6, 6.07) is 9.10. The molecule has 3 aromatic rings. The highest BCUT2D eigenvalue weighted by Crippen LogP contribution is 2.43. The van der Waals surface area contributed by atoms with Gasteiger partial charge in [-0.15, -0.1) is 0 Å². The van der Waals surface area contributed by atoms with Gasteiger partial charge in [-0.2, -0.15) is 5.10 Å². The van der Waals surface area contributed by atoms with Gasteiger partial charge in [-0.3, -0.25) is 14.5 Å². The molecule has 2 aromatic heterocycles. The zero-order valence-electron chi connectivity index (χ0n) is 15.8. The Bertz CT molecular complexity index is 1010. The van der Waals surface area contributed by atoms with Gasteiger partial charge < -0.3 is 15.2 Å².